The molecule has 1 aliphatic rings. The number of carbonyl (C=O) groups is 1. The van der Waals surface area contributed by atoms with Crippen molar-refractivity contribution in [2.45, 2.75) is 11.1 Å². The summed E-state index contributed by atoms with van der Waals surface area (Å²) in [7, 11) is -3.47. The van der Waals surface area contributed by atoms with Crippen LogP contribution in [0.2, 0.25) is 0 Å². The van der Waals surface area contributed by atoms with Crippen molar-refractivity contribution in [1.29, 1.82) is 0 Å². The molecule has 0 radical (unpaired) electrons. The Morgan fingerprint density at radius 3 is 2.48 bits per heavy atom. The SMILES string of the molecule is Cc1ccc(S(=O)(=O)N2CCN(C(=O)c3cnccn3)CC2)s1. The fourth-order valence-corrected chi connectivity index (χ4v) is 5.24. The Kier molecular flexibility index (Phi) is 4.42. The lowest BCUT2D eigenvalue weighted by atomic mass is 10.3. The molecule has 9 heteroatoms. The molecule has 122 valence electrons. The van der Waals surface area contributed by atoms with E-state index in [1.165, 1.54) is 34.2 Å². The van der Waals surface area contributed by atoms with Crippen molar-refractivity contribution >= 4 is 27.3 Å². The molecule has 0 atom stereocenters. The molecule has 23 heavy (non-hydrogen) atoms. The predicted octanol–water partition coefficient (Wildman–Crippen LogP) is 0.993. The first-order chi connectivity index (χ1) is 11.0. The second-order valence-electron chi connectivity index (χ2n) is 5.15. The number of rotatable bonds is 3. The third-order valence-electron chi connectivity index (χ3n) is 3.62. The zero-order chi connectivity index (χ0) is 16.4. The number of carbonyl (C=O) groups excluding carboxylic acids is 1. The molecule has 0 N–H and O–H groups in total. The first-order valence-corrected chi connectivity index (χ1v) is 9.36. The summed E-state index contributed by atoms with van der Waals surface area (Å²) in [6.07, 6.45) is 4.39. The molecule has 0 spiro atoms. The highest BCUT2D eigenvalue weighted by molar-refractivity contribution is 7.91. The van der Waals surface area contributed by atoms with Crippen molar-refractivity contribution in [3.05, 3.63) is 41.3 Å². The van der Waals surface area contributed by atoms with Crippen LogP contribution in [0.25, 0.3) is 0 Å². The molecule has 1 saturated heterocycles. The predicted molar refractivity (Wildman–Crippen MR) is 85.8 cm³/mol. The minimum Gasteiger partial charge on any atom is -0.335 e. The van der Waals surface area contributed by atoms with Gasteiger partial charge in [0, 0.05) is 43.4 Å². The van der Waals surface area contributed by atoms with E-state index in [1.807, 2.05) is 6.92 Å². The summed E-state index contributed by atoms with van der Waals surface area (Å²) in [5.41, 5.74) is 0.276. The highest BCUT2D eigenvalue weighted by Crippen LogP contribution is 2.25. The van der Waals surface area contributed by atoms with Gasteiger partial charge in [-0.1, -0.05) is 0 Å². The molecule has 0 saturated carbocycles. The van der Waals surface area contributed by atoms with Crippen LogP contribution in [0.3, 0.4) is 0 Å². The molecule has 0 aromatic carbocycles. The number of sulfonamides is 1. The van der Waals surface area contributed by atoms with Crippen LogP contribution in [0.1, 0.15) is 15.4 Å². The summed E-state index contributed by atoms with van der Waals surface area (Å²) < 4.78 is 26.9. The molecule has 3 heterocycles. The van der Waals surface area contributed by atoms with Gasteiger partial charge in [0.15, 0.2) is 0 Å². The summed E-state index contributed by atoms with van der Waals surface area (Å²) in [5, 5.41) is 0. The minimum atomic E-state index is -3.47. The van der Waals surface area contributed by atoms with E-state index in [2.05, 4.69) is 9.97 Å². The Labute approximate surface area is 138 Å². The smallest absolute Gasteiger partial charge is 0.274 e. The van der Waals surface area contributed by atoms with E-state index in [-0.39, 0.29) is 24.7 Å². The van der Waals surface area contributed by atoms with E-state index >= 15 is 0 Å². The van der Waals surface area contributed by atoms with Gasteiger partial charge in [0.05, 0.1) is 6.20 Å². The Balaban J connectivity index is 1.68. The maximum Gasteiger partial charge on any atom is 0.274 e. The monoisotopic (exact) mass is 352 g/mol. The quantitative estimate of drug-likeness (QED) is 0.823. The van der Waals surface area contributed by atoms with E-state index in [1.54, 1.807) is 17.0 Å². The Morgan fingerprint density at radius 1 is 1.17 bits per heavy atom. The van der Waals surface area contributed by atoms with Gasteiger partial charge in [0.2, 0.25) is 0 Å². The van der Waals surface area contributed by atoms with E-state index in [0.29, 0.717) is 17.3 Å². The largest absolute Gasteiger partial charge is 0.335 e. The van der Waals surface area contributed by atoms with Gasteiger partial charge in [-0.25, -0.2) is 13.4 Å². The Bertz CT molecular complexity index is 796. The summed E-state index contributed by atoms with van der Waals surface area (Å²) in [6, 6.07) is 3.43. The van der Waals surface area contributed by atoms with Crippen molar-refractivity contribution in [2.24, 2.45) is 0 Å². The third-order valence-corrected chi connectivity index (χ3v) is 6.98. The number of thiophene rings is 1. The van der Waals surface area contributed by atoms with Crippen molar-refractivity contribution in [1.82, 2.24) is 19.2 Å². The number of aromatic nitrogens is 2. The van der Waals surface area contributed by atoms with Gasteiger partial charge in [0.25, 0.3) is 15.9 Å². The number of aryl methyl sites for hydroxylation is 1. The highest BCUT2D eigenvalue weighted by Gasteiger charge is 2.31. The van der Waals surface area contributed by atoms with Gasteiger partial charge < -0.3 is 4.90 Å². The Morgan fingerprint density at radius 2 is 1.91 bits per heavy atom. The van der Waals surface area contributed by atoms with E-state index in [9.17, 15) is 13.2 Å². The van der Waals surface area contributed by atoms with Crippen molar-refractivity contribution in [3.63, 3.8) is 0 Å². The topological polar surface area (TPSA) is 83.5 Å². The van der Waals surface area contributed by atoms with Crippen LogP contribution in [-0.2, 0) is 10.0 Å². The second kappa shape index (κ2) is 6.34. The van der Waals surface area contributed by atoms with Gasteiger partial charge in [-0.15, -0.1) is 11.3 Å². The molecule has 1 fully saturated rings. The molecular weight excluding hydrogens is 336 g/mol. The van der Waals surface area contributed by atoms with E-state index in [4.69, 9.17) is 0 Å². The fraction of sp³-hybridized carbons (Fsp3) is 0.357. The molecule has 1 amide bonds. The molecule has 0 bridgehead atoms. The van der Waals surface area contributed by atoms with Crippen molar-refractivity contribution in [3.8, 4) is 0 Å². The lowest BCUT2D eigenvalue weighted by Crippen LogP contribution is -2.50. The molecule has 2 aromatic rings. The highest BCUT2D eigenvalue weighted by atomic mass is 32.2. The summed E-state index contributed by atoms with van der Waals surface area (Å²) >= 11 is 1.26. The van der Waals surface area contributed by atoms with Crippen LogP contribution in [0.4, 0.5) is 0 Å². The molecule has 7 nitrogen and oxygen atoms in total. The second-order valence-corrected chi connectivity index (χ2v) is 8.60. The normalized spacial score (nSPS) is 16.5. The summed E-state index contributed by atoms with van der Waals surface area (Å²) in [4.78, 5) is 22.7. The van der Waals surface area contributed by atoms with Crippen molar-refractivity contribution in [2.75, 3.05) is 26.2 Å². The minimum absolute atomic E-state index is 0.220. The lowest BCUT2D eigenvalue weighted by Gasteiger charge is -2.33. The van der Waals surface area contributed by atoms with Crippen LogP contribution >= 0.6 is 11.3 Å². The van der Waals surface area contributed by atoms with Crippen LogP contribution < -0.4 is 0 Å². The standard InChI is InChI=1S/C14H16N4O3S2/c1-11-2-3-13(22-11)23(20,21)18-8-6-17(7-9-18)14(19)12-10-15-4-5-16-12/h2-5,10H,6-9H2,1H3. The number of nitrogens with zero attached hydrogens (tertiary/aromatic N) is 4. The molecule has 3 rings (SSSR count). The summed E-state index contributed by atoms with van der Waals surface area (Å²) in [6.45, 7) is 3.13. The maximum absolute atomic E-state index is 12.6. The maximum atomic E-state index is 12.6. The van der Waals surface area contributed by atoms with Crippen molar-refractivity contribution < 1.29 is 13.2 Å². The van der Waals surface area contributed by atoms with Gasteiger partial charge in [-0.2, -0.15) is 4.31 Å². The average molecular weight is 352 g/mol. The Hall–Kier alpha value is -1.84. The van der Waals surface area contributed by atoms with E-state index in [0.717, 1.165) is 4.88 Å². The average Bonchev–Trinajstić information content (AvgIpc) is 3.02. The number of piperazine rings is 1. The number of hydrogen-bond donors (Lipinski definition) is 0. The van der Waals surface area contributed by atoms with Gasteiger partial charge >= 0.3 is 0 Å². The van der Waals surface area contributed by atoms with Gasteiger partial charge in [-0.05, 0) is 19.1 Å². The fourth-order valence-electron chi connectivity index (χ4n) is 2.38. The number of amides is 1. The molecule has 2 aromatic heterocycles. The number of hydrogen-bond acceptors (Lipinski definition) is 6. The molecular formula is C14H16N4O3S2. The third kappa shape index (κ3) is 3.26. The van der Waals surface area contributed by atoms with Gasteiger partial charge in [0.1, 0.15) is 9.90 Å². The van der Waals surface area contributed by atoms with Gasteiger partial charge in [-0.3, -0.25) is 9.78 Å². The van der Waals surface area contributed by atoms with Crippen LogP contribution in [0.5, 0.6) is 0 Å². The lowest BCUT2D eigenvalue weighted by molar-refractivity contribution is 0.0691. The van der Waals surface area contributed by atoms with E-state index < -0.39 is 10.0 Å². The first-order valence-electron chi connectivity index (χ1n) is 7.10. The first kappa shape index (κ1) is 16.0. The summed E-state index contributed by atoms with van der Waals surface area (Å²) in [5.74, 6) is -0.220. The molecule has 1 aliphatic heterocycles. The zero-order valence-electron chi connectivity index (χ0n) is 12.5. The zero-order valence-corrected chi connectivity index (χ0v) is 14.2. The van der Waals surface area contributed by atoms with Crippen LogP contribution in [0.15, 0.2) is 34.9 Å². The molecule has 0 unspecified atom stereocenters. The van der Waals surface area contributed by atoms with Crippen LogP contribution in [-0.4, -0.2) is 59.7 Å². The molecule has 0 aliphatic carbocycles. The van der Waals surface area contributed by atoms with Crippen LogP contribution in [0, 0.1) is 6.92 Å².